The normalized spacial score (nSPS) is 10.6. The first-order valence-electron chi connectivity index (χ1n) is 4.31. The van der Waals surface area contributed by atoms with Gasteiger partial charge >= 0.3 is 0 Å². The fourth-order valence-electron chi connectivity index (χ4n) is 1.38. The number of hydrogen-bond donors (Lipinski definition) is 1. The van der Waals surface area contributed by atoms with E-state index in [1.807, 2.05) is 13.2 Å². The van der Waals surface area contributed by atoms with Crippen LogP contribution in [0.25, 0.3) is 11.1 Å². The molecule has 0 bridgehead atoms. The van der Waals surface area contributed by atoms with Gasteiger partial charge in [-0.25, -0.2) is 0 Å². The van der Waals surface area contributed by atoms with Gasteiger partial charge in [0.25, 0.3) is 0 Å². The molecule has 0 amide bonds. The summed E-state index contributed by atoms with van der Waals surface area (Å²) in [4.78, 5) is 0. The van der Waals surface area contributed by atoms with E-state index in [9.17, 15) is 0 Å². The summed E-state index contributed by atoms with van der Waals surface area (Å²) in [6.45, 7) is 0. The zero-order chi connectivity index (χ0) is 11.0. The Morgan fingerprint density at radius 3 is 2.67 bits per heavy atom. The zero-order valence-corrected chi connectivity index (χ0v) is 9.55. The molecule has 2 rings (SSSR count). The maximum Gasteiger partial charge on any atom is 0.0673 e. The lowest BCUT2D eigenvalue weighted by Crippen LogP contribution is -1.87. The standard InChI is InChI=1S/C10H9Cl2N3/c1-15-5-6(4-14-15)8-2-7(13)3-9(11)10(8)12/h2-5H,13H2,1H3. The average Bonchev–Trinajstić information content (AvgIpc) is 2.58. The van der Waals surface area contributed by atoms with Crippen LogP contribution in [0.15, 0.2) is 24.5 Å². The molecular formula is C10H9Cl2N3. The van der Waals surface area contributed by atoms with Crippen molar-refractivity contribution in [3.05, 3.63) is 34.6 Å². The summed E-state index contributed by atoms with van der Waals surface area (Å²) in [5.74, 6) is 0. The SMILES string of the molecule is Cn1cc(-c2cc(N)cc(Cl)c2Cl)cn1. The van der Waals surface area contributed by atoms with Gasteiger partial charge in [0.2, 0.25) is 0 Å². The molecule has 0 atom stereocenters. The van der Waals surface area contributed by atoms with E-state index in [0.717, 1.165) is 11.1 Å². The minimum atomic E-state index is 0.454. The summed E-state index contributed by atoms with van der Waals surface area (Å²) in [5, 5.41) is 5.02. The topological polar surface area (TPSA) is 43.8 Å². The molecule has 2 N–H and O–H groups in total. The molecule has 0 aliphatic carbocycles. The molecule has 1 aromatic carbocycles. The Morgan fingerprint density at radius 1 is 1.33 bits per heavy atom. The Morgan fingerprint density at radius 2 is 2.07 bits per heavy atom. The lowest BCUT2D eigenvalue weighted by molar-refractivity contribution is 0.768. The number of benzene rings is 1. The molecule has 2 aromatic rings. The van der Waals surface area contributed by atoms with Crippen LogP contribution in [-0.2, 0) is 7.05 Å². The van der Waals surface area contributed by atoms with Gasteiger partial charge in [-0.15, -0.1) is 0 Å². The van der Waals surface area contributed by atoms with E-state index in [0.29, 0.717) is 15.7 Å². The molecule has 0 spiro atoms. The predicted octanol–water partition coefficient (Wildman–Crippen LogP) is 2.98. The van der Waals surface area contributed by atoms with Crippen molar-refractivity contribution in [2.45, 2.75) is 0 Å². The molecule has 0 unspecified atom stereocenters. The number of aryl methyl sites for hydroxylation is 1. The number of nitrogens with two attached hydrogens (primary N) is 1. The minimum Gasteiger partial charge on any atom is -0.399 e. The van der Waals surface area contributed by atoms with Gasteiger partial charge in [-0.1, -0.05) is 23.2 Å². The highest BCUT2D eigenvalue weighted by molar-refractivity contribution is 6.44. The van der Waals surface area contributed by atoms with Gasteiger partial charge in [0, 0.05) is 30.1 Å². The van der Waals surface area contributed by atoms with Crippen molar-refractivity contribution < 1.29 is 0 Å². The summed E-state index contributed by atoms with van der Waals surface area (Å²) >= 11 is 12.0. The van der Waals surface area contributed by atoms with Gasteiger partial charge in [-0.2, -0.15) is 5.10 Å². The Hall–Kier alpha value is -1.19. The number of rotatable bonds is 1. The van der Waals surface area contributed by atoms with E-state index >= 15 is 0 Å². The molecular weight excluding hydrogens is 233 g/mol. The van der Waals surface area contributed by atoms with Crippen molar-refractivity contribution in [1.29, 1.82) is 0 Å². The summed E-state index contributed by atoms with van der Waals surface area (Å²) in [6.07, 6.45) is 3.58. The Kier molecular flexibility index (Phi) is 2.59. The van der Waals surface area contributed by atoms with Crippen molar-refractivity contribution >= 4 is 28.9 Å². The quantitative estimate of drug-likeness (QED) is 0.781. The van der Waals surface area contributed by atoms with Crippen LogP contribution in [0.4, 0.5) is 5.69 Å². The lowest BCUT2D eigenvalue weighted by Gasteiger charge is -2.05. The summed E-state index contributed by atoms with van der Waals surface area (Å²) in [6, 6.07) is 3.41. The van der Waals surface area contributed by atoms with Crippen molar-refractivity contribution in [1.82, 2.24) is 9.78 Å². The predicted molar refractivity (Wildman–Crippen MR) is 63.1 cm³/mol. The van der Waals surface area contributed by atoms with Crippen molar-refractivity contribution in [2.75, 3.05) is 5.73 Å². The molecule has 0 radical (unpaired) electrons. The monoisotopic (exact) mass is 241 g/mol. The molecule has 15 heavy (non-hydrogen) atoms. The molecule has 0 saturated heterocycles. The molecule has 3 nitrogen and oxygen atoms in total. The summed E-state index contributed by atoms with van der Waals surface area (Å²) < 4.78 is 1.70. The second-order valence-corrected chi connectivity index (χ2v) is 4.05. The van der Waals surface area contributed by atoms with Gasteiger partial charge < -0.3 is 5.73 Å². The van der Waals surface area contributed by atoms with Gasteiger partial charge in [-0.3, -0.25) is 4.68 Å². The molecule has 5 heteroatoms. The zero-order valence-electron chi connectivity index (χ0n) is 8.04. The second-order valence-electron chi connectivity index (χ2n) is 3.27. The Bertz CT molecular complexity index is 505. The maximum absolute atomic E-state index is 6.08. The highest BCUT2D eigenvalue weighted by Gasteiger charge is 2.09. The number of nitrogen functional groups attached to an aromatic ring is 1. The molecule has 0 saturated carbocycles. The fraction of sp³-hybridized carbons (Fsp3) is 0.100. The summed E-state index contributed by atoms with van der Waals surface area (Å²) in [5.41, 5.74) is 7.99. The Labute approximate surface area is 97.4 Å². The fourth-order valence-corrected chi connectivity index (χ4v) is 1.83. The van der Waals surface area contributed by atoms with E-state index in [4.69, 9.17) is 28.9 Å². The highest BCUT2D eigenvalue weighted by atomic mass is 35.5. The number of aromatic nitrogens is 2. The van der Waals surface area contributed by atoms with E-state index in [1.165, 1.54) is 0 Å². The van der Waals surface area contributed by atoms with Crippen LogP contribution in [0.3, 0.4) is 0 Å². The third-order valence-corrected chi connectivity index (χ3v) is 2.87. The lowest BCUT2D eigenvalue weighted by atomic mass is 10.1. The van der Waals surface area contributed by atoms with Crippen LogP contribution in [-0.4, -0.2) is 9.78 Å². The van der Waals surface area contributed by atoms with Crippen molar-refractivity contribution in [3.63, 3.8) is 0 Å². The van der Waals surface area contributed by atoms with Crippen LogP contribution >= 0.6 is 23.2 Å². The molecule has 78 valence electrons. The first kappa shape index (κ1) is 10.3. The van der Waals surface area contributed by atoms with Crippen LogP contribution in [0, 0.1) is 0 Å². The van der Waals surface area contributed by atoms with Gasteiger partial charge in [0.15, 0.2) is 0 Å². The van der Waals surface area contributed by atoms with Crippen LogP contribution < -0.4 is 5.73 Å². The molecule has 0 aliphatic heterocycles. The first-order valence-corrected chi connectivity index (χ1v) is 5.07. The number of anilines is 1. The third-order valence-electron chi connectivity index (χ3n) is 2.07. The van der Waals surface area contributed by atoms with Crippen LogP contribution in [0.1, 0.15) is 0 Å². The number of hydrogen-bond acceptors (Lipinski definition) is 2. The molecule has 1 aromatic heterocycles. The van der Waals surface area contributed by atoms with Gasteiger partial charge in [-0.05, 0) is 12.1 Å². The Balaban J connectivity index is 2.62. The molecule has 0 aliphatic rings. The van der Waals surface area contributed by atoms with Crippen molar-refractivity contribution in [3.8, 4) is 11.1 Å². The molecule has 1 heterocycles. The smallest absolute Gasteiger partial charge is 0.0673 e. The van der Waals surface area contributed by atoms with Gasteiger partial charge in [0.1, 0.15) is 0 Å². The minimum absolute atomic E-state index is 0.454. The second kappa shape index (κ2) is 3.76. The first-order chi connectivity index (χ1) is 7.08. The van der Waals surface area contributed by atoms with E-state index in [2.05, 4.69) is 5.10 Å². The van der Waals surface area contributed by atoms with Crippen LogP contribution in [0.2, 0.25) is 10.0 Å². The van der Waals surface area contributed by atoms with E-state index in [-0.39, 0.29) is 0 Å². The maximum atomic E-state index is 6.08. The van der Waals surface area contributed by atoms with Crippen LogP contribution in [0.5, 0.6) is 0 Å². The largest absolute Gasteiger partial charge is 0.399 e. The third kappa shape index (κ3) is 1.94. The van der Waals surface area contributed by atoms with Crippen molar-refractivity contribution in [2.24, 2.45) is 7.05 Å². The molecule has 0 fully saturated rings. The number of halogens is 2. The van der Waals surface area contributed by atoms with E-state index in [1.54, 1.807) is 23.0 Å². The summed E-state index contributed by atoms with van der Waals surface area (Å²) in [7, 11) is 1.84. The van der Waals surface area contributed by atoms with E-state index < -0.39 is 0 Å². The van der Waals surface area contributed by atoms with Gasteiger partial charge in [0.05, 0.1) is 16.2 Å². The highest BCUT2D eigenvalue weighted by Crippen LogP contribution is 2.35. The average molecular weight is 242 g/mol. The number of nitrogens with zero attached hydrogens (tertiary/aromatic N) is 2.